The molecule has 0 radical (unpaired) electrons. The van der Waals surface area contributed by atoms with Gasteiger partial charge < -0.3 is 24.3 Å². The van der Waals surface area contributed by atoms with E-state index in [1.807, 2.05) is 0 Å². The molecular weight excluding hydrogens is 270 g/mol. The van der Waals surface area contributed by atoms with E-state index in [-0.39, 0.29) is 0 Å². The van der Waals surface area contributed by atoms with Crippen LogP contribution in [-0.2, 0) is 18.9 Å². The highest BCUT2D eigenvalue weighted by Gasteiger charge is 2.21. The van der Waals surface area contributed by atoms with Gasteiger partial charge in [-0.2, -0.15) is 0 Å². The summed E-state index contributed by atoms with van der Waals surface area (Å²) in [6.07, 6.45) is 6.47. The van der Waals surface area contributed by atoms with E-state index in [4.69, 9.17) is 18.9 Å². The first-order valence-electron chi connectivity index (χ1n) is 8.36. The summed E-state index contributed by atoms with van der Waals surface area (Å²) in [5.74, 6) is 0. The SMILES string of the molecule is CCCNC1CCCC(OCCOCCOCCOC)C1. The third-order valence-electron chi connectivity index (χ3n) is 3.69. The van der Waals surface area contributed by atoms with E-state index in [2.05, 4.69) is 12.2 Å². The van der Waals surface area contributed by atoms with Crippen molar-refractivity contribution in [2.45, 2.75) is 51.2 Å². The first kappa shape index (κ1) is 18.8. The Morgan fingerprint density at radius 1 is 0.952 bits per heavy atom. The zero-order chi connectivity index (χ0) is 15.2. The van der Waals surface area contributed by atoms with Gasteiger partial charge in [0.2, 0.25) is 0 Å². The van der Waals surface area contributed by atoms with Gasteiger partial charge >= 0.3 is 0 Å². The van der Waals surface area contributed by atoms with Gasteiger partial charge in [0, 0.05) is 13.2 Å². The predicted octanol–water partition coefficient (Wildman–Crippen LogP) is 1.99. The Morgan fingerprint density at radius 2 is 1.67 bits per heavy atom. The molecule has 126 valence electrons. The second kappa shape index (κ2) is 13.5. The number of methoxy groups -OCH3 is 1. The van der Waals surface area contributed by atoms with E-state index in [0.717, 1.165) is 13.0 Å². The molecule has 1 N–H and O–H groups in total. The average molecular weight is 303 g/mol. The monoisotopic (exact) mass is 303 g/mol. The molecule has 1 fully saturated rings. The summed E-state index contributed by atoms with van der Waals surface area (Å²) in [5, 5.41) is 3.60. The first-order valence-corrected chi connectivity index (χ1v) is 8.36. The summed E-state index contributed by atoms with van der Waals surface area (Å²) in [6.45, 7) is 7.17. The van der Waals surface area contributed by atoms with Crippen LogP contribution in [0.4, 0.5) is 0 Å². The first-order chi connectivity index (χ1) is 10.4. The topological polar surface area (TPSA) is 49.0 Å². The molecular formula is C16H33NO4. The van der Waals surface area contributed by atoms with Crippen LogP contribution in [0.3, 0.4) is 0 Å². The van der Waals surface area contributed by atoms with Crippen LogP contribution in [0.15, 0.2) is 0 Å². The van der Waals surface area contributed by atoms with E-state index in [1.54, 1.807) is 7.11 Å². The van der Waals surface area contributed by atoms with E-state index in [0.29, 0.717) is 51.8 Å². The van der Waals surface area contributed by atoms with Crippen LogP contribution < -0.4 is 5.32 Å². The third-order valence-corrected chi connectivity index (χ3v) is 3.69. The molecule has 5 heteroatoms. The minimum atomic E-state index is 0.398. The Kier molecular flexibility index (Phi) is 12.1. The van der Waals surface area contributed by atoms with Gasteiger partial charge in [-0.15, -0.1) is 0 Å². The maximum Gasteiger partial charge on any atom is 0.0704 e. The Labute approximate surface area is 129 Å². The molecule has 0 aromatic rings. The molecule has 2 unspecified atom stereocenters. The lowest BCUT2D eigenvalue weighted by molar-refractivity contribution is -0.0287. The molecule has 1 rings (SSSR count). The Balaban J connectivity index is 1.90. The fraction of sp³-hybridized carbons (Fsp3) is 1.00. The summed E-state index contributed by atoms with van der Waals surface area (Å²) in [7, 11) is 1.67. The highest BCUT2D eigenvalue weighted by Crippen LogP contribution is 2.21. The summed E-state index contributed by atoms with van der Waals surface area (Å²) in [4.78, 5) is 0. The molecule has 21 heavy (non-hydrogen) atoms. The fourth-order valence-electron chi connectivity index (χ4n) is 2.57. The summed E-state index contributed by atoms with van der Waals surface area (Å²) in [6, 6.07) is 0.638. The number of hydrogen-bond donors (Lipinski definition) is 1. The van der Waals surface area contributed by atoms with Crippen molar-refractivity contribution in [1.29, 1.82) is 0 Å². The second-order valence-corrected chi connectivity index (χ2v) is 5.53. The van der Waals surface area contributed by atoms with E-state index >= 15 is 0 Å². The van der Waals surface area contributed by atoms with Crippen molar-refractivity contribution in [2.24, 2.45) is 0 Å². The minimum Gasteiger partial charge on any atom is -0.382 e. The van der Waals surface area contributed by atoms with Crippen LogP contribution in [0.25, 0.3) is 0 Å². The number of ether oxygens (including phenoxy) is 4. The summed E-state index contributed by atoms with van der Waals surface area (Å²) < 4.78 is 21.6. The summed E-state index contributed by atoms with van der Waals surface area (Å²) in [5.41, 5.74) is 0. The lowest BCUT2D eigenvalue weighted by atomic mass is 9.93. The highest BCUT2D eigenvalue weighted by molar-refractivity contribution is 4.78. The van der Waals surface area contributed by atoms with Crippen molar-refractivity contribution >= 4 is 0 Å². The lowest BCUT2D eigenvalue weighted by Gasteiger charge is -2.29. The van der Waals surface area contributed by atoms with Crippen LogP contribution in [0, 0.1) is 0 Å². The zero-order valence-electron chi connectivity index (χ0n) is 13.8. The van der Waals surface area contributed by atoms with Gasteiger partial charge in [-0.05, 0) is 38.6 Å². The van der Waals surface area contributed by atoms with Crippen molar-refractivity contribution in [3.8, 4) is 0 Å². The van der Waals surface area contributed by atoms with Gasteiger partial charge in [0.25, 0.3) is 0 Å². The van der Waals surface area contributed by atoms with Crippen molar-refractivity contribution in [3.63, 3.8) is 0 Å². The molecule has 0 aromatic carbocycles. The van der Waals surface area contributed by atoms with E-state index < -0.39 is 0 Å². The quantitative estimate of drug-likeness (QED) is 0.527. The van der Waals surface area contributed by atoms with E-state index in [9.17, 15) is 0 Å². The normalized spacial score (nSPS) is 22.6. The third kappa shape index (κ3) is 10.2. The van der Waals surface area contributed by atoms with Crippen molar-refractivity contribution in [2.75, 3.05) is 53.3 Å². The molecule has 0 saturated heterocycles. The van der Waals surface area contributed by atoms with Crippen molar-refractivity contribution in [3.05, 3.63) is 0 Å². The largest absolute Gasteiger partial charge is 0.382 e. The minimum absolute atomic E-state index is 0.398. The van der Waals surface area contributed by atoms with Gasteiger partial charge in [-0.3, -0.25) is 0 Å². The zero-order valence-corrected chi connectivity index (χ0v) is 13.8. The van der Waals surface area contributed by atoms with Gasteiger partial charge in [0.05, 0.1) is 45.7 Å². The molecule has 0 aromatic heterocycles. The molecule has 0 heterocycles. The van der Waals surface area contributed by atoms with Crippen molar-refractivity contribution < 1.29 is 18.9 Å². The maximum atomic E-state index is 5.91. The molecule has 1 aliphatic carbocycles. The molecule has 0 bridgehead atoms. The van der Waals surface area contributed by atoms with Crippen LogP contribution >= 0.6 is 0 Å². The van der Waals surface area contributed by atoms with Crippen LogP contribution in [0.5, 0.6) is 0 Å². The molecule has 5 nitrogen and oxygen atoms in total. The summed E-state index contributed by atoms with van der Waals surface area (Å²) >= 11 is 0. The van der Waals surface area contributed by atoms with Crippen LogP contribution in [-0.4, -0.2) is 65.4 Å². The second-order valence-electron chi connectivity index (χ2n) is 5.53. The molecule has 2 atom stereocenters. The Hall–Kier alpha value is -0.200. The van der Waals surface area contributed by atoms with Gasteiger partial charge in [-0.1, -0.05) is 6.92 Å². The maximum absolute atomic E-state index is 5.91. The van der Waals surface area contributed by atoms with Crippen LogP contribution in [0.2, 0.25) is 0 Å². The number of nitrogens with one attached hydrogen (secondary N) is 1. The Morgan fingerprint density at radius 3 is 2.38 bits per heavy atom. The van der Waals surface area contributed by atoms with Crippen molar-refractivity contribution in [1.82, 2.24) is 5.32 Å². The standard InChI is InChI=1S/C16H33NO4/c1-3-7-17-15-5-4-6-16(14-15)21-13-12-20-11-10-19-9-8-18-2/h15-17H,3-14H2,1-2H3. The number of rotatable bonds is 13. The van der Waals surface area contributed by atoms with Gasteiger partial charge in [-0.25, -0.2) is 0 Å². The predicted molar refractivity (Wildman–Crippen MR) is 83.8 cm³/mol. The fourth-order valence-corrected chi connectivity index (χ4v) is 2.57. The van der Waals surface area contributed by atoms with Gasteiger partial charge in [0.15, 0.2) is 0 Å². The lowest BCUT2D eigenvalue weighted by Crippen LogP contribution is -2.37. The van der Waals surface area contributed by atoms with E-state index in [1.165, 1.54) is 25.7 Å². The smallest absolute Gasteiger partial charge is 0.0704 e. The van der Waals surface area contributed by atoms with Gasteiger partial charge in [0.1, 0.15) is 0 Å². The Bertz CT molecular complexity index is 228. The molecule has 1 aliphatic rings. The molecule has 0 spiro atoms. The average Bonchev–Trinajstić information content (AvgIpc) is 2.52. The highest BCUT2D eigenvalue weighted by atomic mass is 16.6. The number of hydrogen-bond acceptors (Lipinski definition) is 5. The molecule has 1 saturated carbocycles. The van der Waals surface area contributed by atoms with Crippen LogP contribution in [0.1, 0.15) is 39.0 Å². The molecule has 0 amide bonds. The molecule has 0 aliphatic heterocycles.